The van der Waals surface area contributed by atoms with Crippen molar-refractivity contribution < 1.29 is 14.3 Å². The van der Waals surface area contributed by atoms with Gasteiger partial charge in [-0.25, -0.2) is 4.79 Å². The lowest BCUT2D eigenvalue weighted by Gasteiger charge is -2.13. The van der Waals surface area contributed by atoms with Gasteiger partial charge in [0.05, 0.1) is 12.2 Å². The van der Waals surface area contributed by atoms with Crippen LogP contribution in [-0.2, 0) is 22.4 Å². The van der Waals surface area contributed by atoms with Crippen molar-refractivity contribution in [1.29, 1.82) is 5.26 Å². The number of para-hydroxylation sites is 1. The fraction of sp³-hybridized carbons (Fsp3) is 0.321. The summed E-state index contributed by atoms with van der Waals surface area (Å²) in [5.74, 6) is -0.743. The molecule has 6 nitrogen and oxygen atoms in total. The number of ether oxygens (including phenoxy) is 1. The molecule has 1 aromatic carbocycles. The van der Waals surface area contributed by atoms with Crippen LogP contribution in [0.2, 0.25) is 0 Å². The molecule has 0 unspecified atom stereocenters. The van der Waals surface area contributed by atoms with Gasteiger partial charge in [-0.3, -0.25) is 4.79 Å². The number of thiophene rings is 1. The van der Waals surface area contributed by atoms with Crippen LogP contribution < -0.4 is 5.32 Å². The summed E-state index contributed by atoms with van der Waals surface area (Å²) in [6.07, 6.45) is 5.65. The number of aryl methyl sites for hydroxylation is 3. The Morgan fingerprint density at radius 1 is 1.20 bits per heavy atom. The molecule has 0 fully saturated rings. The number of nitrogens with one attached hydrogen (secondary N) is 1. The van der Waals surface area contributed by atoms with Gasteiger partial charge in [-0.15, -0.1) is 11.3 Å². The molecule has 7 heteroatoms. The van der Waals surface area contributed by atoms with Gasteiger partial charge in [0.25, 0.3) is 5.91 Å². The normalized spacial score (nSPS) is 13.2. The molecule has 4 rings (SSSR count). The SMILES string of the molecule is CCOC(=O)c1c(-n2c(C)cc(/C=C(/C#N)C(=O)Nc3ccccc3C)c2C)sc2c1CCCC2. The van der Waals surface area contributed by atoms with Gasteiger partial charge in [0, 0.05) is 22.0 Å². The fourth-order valence-corrected chi connectivity index (χ4v) is 6.06. The zero-order valence-corrected chi connectivity index (χ0v) is 21.3. The predicted molar refractivity (Wildman–Crippen MR) is 139 cm³/mol. The van der Waals surface area contributed by atoms with Crippen molar-refractivity contribution in [2.24, 2.45) is 0 Å². The van der Waals surface area contributed by atoms with Gasteiger partial charge in [-0.2, -0.15) is 5.26 Å². The number of fused-ring (bicyclic) bond motifs is 1. The lowest BCUT2D eigenvalue weighted by atomic mass is 9.95. The number of carbonyl (C=O) groups excluding carboxylic acids is 2. The van der Waals surface area contributed by atoms with E-state index in [1.165, 1.54) is 4.88 Å². The molecule has 1 amide bonds. The molecular formula is C28H29N3O3S. The molecule has 2 heterocycles. The number of amides is 1. The van der Waals surface area contributed by atoms with E-state index in [1.54, 1.807) is 17.4 Å². The number of hydrogen-bond acceptors (Lipinski definition) is 5. The molecule has 0 saturated carbocycles. The van der Waals surface area contributed by atoms with E-state index in [4.69, 9.17) is 4.74 Å². The summed E-state index contributed by atoms with van der Waals surface area (Å²) in [4.78, 5) is 27.1. The van der Waals surface area contributed by atoms with E-state index in [0.717, 1.165) is 58.8 Å². The molecule has 0 bridgehead atoms. The van der Waals surface area contributed by atoms with Crippen LogP contribution in [0.3, 0.4) is 0 Å². The summed E-state index contributed by atoms with van der Waals surface area (Å²) in [7, 11) is 0. The minimum Gasteiger partial charge on any atom is -0.462 e. The highest BCUT2D eigenvalue weighted by Gasteiger charge is 2.28. The molecule has 2 aromatic heterocycles. The number of nitriles is 1. The molecule has 0 atom stereocenters. The number of rotatable bonds is 6. The van der Waals surface area contributed by atoms with Gasteiger partial charge in [-0.1, -0.05) is 18.2 Å². The number of esters is 1. The Labute approximate surface area is 209 Å². The highest BCUT2D eigenvalue weighted by molar-refractivity contribution is 7.15. The summed E-state index contributed by atoms with van der Waals surface area (Å²) in [5.41, 5.74) is 5.93. The number of carbonyl (C=O) groups is 2. The number of anilines is 1. The summed E-state index contributed by atoms with van der Waals surface area (Å²) in [6, 6.07) is 11.4. The molecule has 0 radical (unpaired) electrons. The molecule has 35 heavy (non-hydrogen) atoms. The largest absolute Gasteiger partial charge is 0.462 e. The van der Waals surface area contributed by atoms with Crippen molar-refractivity contribution in [2.75, 3.05) is 11.9 Å². The minimum absolute atomic E-state index is 0.0181. The zero-order chi connectivity index (χ0) is 25.1. The van der Waals surface area contributed by atoms with Crippen molar-refractivity contribution in [3.05, 3.63) is 74.4 Å². The van der Waals surface area contributed by atoms with Crippen LogP contribution in [0.4, 0.5) is 5.69 Å². The standard InChI is InChI=1S/C28H29N3O3S/c1-5-34-28(33)25-22-11-7-9-13-24(22)35-27(25)31-18(3)14-20(19(31)4)15-21(16-29)26(32)30-23-12-8-6-10-17(23)2/h6,8,10,12,14-15H,5,7,9,11,13H2,1-4H3,(H,30,32)/b21-15-. The van der Waals surface area contributed by atoms with E-state index in [-0.39, 0.29) is 11.5 Å². The van der Waals surface area contributed by atoms with Gasteiger partial charge in [0.2, 0.25) is 0 Å². The maximum absolute atomic E-state index is 13.0. The van der Waals surface area contributed by atoms with Crippen LogP contribution in [0.15, 0.2) is 35.9 Å². The highest BCUT2D eigenvalue weighted by atomic mass is 32.1. The second-order valence-corrected chi connectivity index (χ2v) is 9.80. The maximum Gasteiger partial charge on any atom is 0.341 e. The molecule has 1 N–H and O–H groups in total. The van der Waals surface area contributed by atoms with Gasteiger partial charge in [0.15, 0.2) is 0 Å². The lowest BCUT2D eigenvalue weighted by molar-refractivity contribution is -0.112. The Kier molecular flexibility index (Phi) is 7.23. The number of nitrogens with zero attached hydrogens (tertiary/aromatic N) is 2. The Morgan fingerprint density at radius 3 is 2.66 bits per heavy atom. The van der Waals surface area contributed by atoms with E-state index >= 15 is 0 Å². The third-order valence-corrected chi connectivity index (χ3v) is 7.64. The van der Waals surface area contributed by atoms with Crippen molar-refractivity contribution in [2.45, 2.75) is 53.4 Å². The first-order chi connectivity index (χ1) is 16.8. The summed E-state index contributed by atoms with van der Waals surface area (Å²) in [6.45, 7) is 7.96. The molecule has 180 valence electrons. The predicted octanol–water partition coefficient (Wildman–Crippen LogP) is 6.07. The number of hydrogen-bond donors (Lipinski definition) is 1. The molecule has 0 spiro atoms. The van der Waals surface area contributed by atoms with Crippen LogP contribution in [0.1, 0.15) is 63.1 Å². The van der Waals surface area contributed by atoms with E-state index < -0.39 is 5.91 Å². The third-order valence-electron chi connectivity index (χ3n) is 6.36. The van der Waals surface area contributed by atoms with Gasteiger partial charge in [-0.05, 0) is 88.3 Å². The average molecular weight is 488 g/mol. The zero-order valence-electron chi connectivity index (χ0n) is 20.5. The molecular weight excluding hydrogens is 458 g/mol. The number of aromatic nitrogens is 1. The van der Waals surface area contributed by atoms with Gasteiger partial charge < -0.3 is 14.6 Å². The Bertz CT molecular complexity index is 1370. The van der Waals surface area contributed by atoms with Crippen LogP contribution in [0, 0.1) is 32.1 Å². The fourth-order valence-electron chi connectivity index (χ4n) is 4.58. The van der Waals surface area contributed by atoms with E-state index in [1.807, 2.05) is 64.1 Å². The monoisotopic (exact) mass is 487 g/mol. The second-order valence-electron chi connectivity index (χ2n) is 8.71. The van der Waals surface area contributed by atoms with Crippen LogP contribution in [0.25, 0.3) is 11.1 Å². The Balaban J connectivity index is 1.75. The van der Waals surface area contributed by atoms with E-state index in [2.05, 4.69) is 9.88 Å². The summed E-state index contributed by atoms with van der Waals surface area (Å²) in [5, 5.41) is 13.4. The van der Waals surface area contributed by atoms with Crippen LogP contribution >= 0.6 is 11.3 Å². The first kappa shape index (κ1) is 24.5. The topological polar surface area (TPSA) is 84.1 Å². The van der Waals surface area contributed by atoms with Crippen LogP contribution in [-0.4, -0.2) is 23.1 Å². The quantitative estimate of drug-likeness (QED) is 0.260. The van der Waals surface area contributed by atoms with Crippen molar-refractivity contribution in [1.82, 2.24) is 4.57 Å². The summed E-state index contributed by atoms with van der Waals surface area (Å²) >= 11 is 1.64. The van der Waals surface area contributed by atoms with Gasteiger partial charge in [0.1, 0.15) is 16.6 Å². The molecule has 1 aliphatic rings. The van der Waals surface area contributed by atoms with Crippen LogP contribution in [0.5, 0.6) is 0 Å². The van der Waals surface area contributed by atoms with Crippen molar-refractivity contribution >= 4 is 35.0 Å². The minimum atomic E-state index is -0.453. The van der Waals surface area contributed by atoms with Gasteiger partial charge >= 0.3 is 5.97 Å². The maximum atomic E-state index is 13.0. The Morgan fingerprint density at radius 2 is 1.94 bits per heavy atom. The third kappa shape index (κ3) is 4.80. The highest BCUT2D eigenvalue weighted by Crippen LogP contribution is 2.39. The molecule has 3 aromatic rings. The number of benzene rings is 1. The second kappa shape index (κ2) is 10.3. The molecule has 1 aliphatic carbocycles. The van der Waals surface area contributed by atoms with E-state index in [9.17, 15) is 14.9 Å². The van der Waals surface area contributed by atoms with Crippen molar-refractivity contribution in [3.8, 4) is 11.1 Å². The lowest BCUT2D eigenvalue weighted by Crippen LogP contribution is -2.14. The smallest absolute Gasteiger partial charge is 0.341 e. The molecule has 0 saturated heterocycles. The average Bonchev–Trinajstić information content (AvgIpc) is 3.35. The first-order valence-electron chi connectivity index (χ1n) is 11.8. The summed E-state index contributed by atoms with van der Waals surface area (Å²) < 4.78 is 7.48. The van der Waals surface area contributed by atoms with Crippen molar-refractivity contribution in [3.63, 3.8) is 0 Å². The molecule has 0 aliphatic heterocycles. The Hall–Kier alpha value is -3.63. The first-order valence-corrected chi connectivity index (χ1v) is 12.7. The van der Waals surface area contributed by atoms with E-state index in [0.29, 0.717) is 17.9 Å².